The van der Waals surface area contributed by atoms with Crippen LogP contribution in [-0.4, -0.2) is 43.0 Å². The third kappa shape index (κ3) is 3.25. The van der Waals surface area contributed by atoms with Gasteiger partial charge in [0.2, 0.25) is 0 Å². The average Bonchev–Trinajstić information content (AvgIpc) is 3.07. The molecule has 138 valence electrons. The smallest absolute Gasteiger partial charge is 0.254 e. The lowest BCUT2D eigenvalue weighted by Crippen LogP contribution is -2.53. The Labute approximate surface area is 145 Å². The zero-order valence-electron chi connectivity index (χ0n) is 14.4. The van der Waals surface area contributed by atoms with Crippen LogP contribution in [0.5, 0.6) is 0 Å². The number of fused-ring (bicyclic) bond motifs is 1. The van der Waals surface area contributed by atoms with Crippen LogP contribution in [0.15, 0.2) is 18.2 Å². The van der Waals surface area contributed by atoms with Gasteiger partial charge in [0.25, 0.3) is 5.92 Å². The van der Waals surface area contributed by atoms with Gasteiger partial charge < -0.3 is 4.90 Å². The van der Waals surface area contributed by atoms with E-state index in [0.29, 0.717) is 31.0 Å². The Kier molecular flexibility index (Phi) is 4.21. The molecule has 6 heteroatoms. The first-order valence-electron chi connectivity index (χ1n) is 9.17. The molecule has 3 unspecified atom stereocenters. The molecule has 3 fully saturated rings. The van der Waals surface area contributed by atoms with Crippen molar-refractivity contribution < 1.29 is 17.6 Å². The van der Waals surface area contributed by atoms with Crippen molar-refractivity contribution in [3.63, 3.8) is 0 Å². The summed E-state index contributed by atoms with van der Waals surface area (Å²) in [5.41, 5.74) is 0.572. The number of halogens is 4. The summed E-state index contributed by atoms with van der Waals surface area (Å²) in [6.45, 7) is 5.18. The number of anilines is 1. The third-order valence-electron chi connectivity index (χ3n) is 6.25. The lowest BCUT2D eigenvalue weighted by Gasteiger charge is -2.42. The second-order valence-electron chi connectivity index (χ2n) is 8.00. The van der Waals surface area contributed by atoms with Gasteiger partial charge in [0, 0.05) is 55.8 Å². The highest BCUT2D eigenvalue weighted by molar-refractivity contribution is 5.48. The van der Waals surface area contributed by atoms with Crippen LogP contribution in [0.3, 0.4) is 0 Å². The van der Waals surface area contributed by atoms with Crippen LogP contribution in [-0.2, 0) is 0 Å². The molecule has 4 rings (SSSR count). The zero-order valence-corrected chi connectivity index (χ0v) is 14.4. The maximum Gasteiger partial charge on any atom is 0.254 e. The molecule has 0 amide bonds. The van der Waals surface area contributed by atoms with E-state index in [-0.39, 0.29) is 17.9 Å². The summed E-state index contributed by atoms with van der Waals surface area (Å²) in [5, 5.41) is 0. The van der Waals surface area contributed by atoms with Gasteiger partial charge in [-0.15, -0.1) is 0 Å². The van der Waals surface area contributed by atoms with Gasteiger partial charge in [0.05, 0.1) is 0 Å². The summed E-state index contributed by atoms with van der Waals surface area (Å²) < 4.78 is 54.0. The van der Waals surface area contributed by atoms with Crippen LogP contribution in [0.25, 0.3) is 0 Å². The van der Waals surface area contributed by atoms with E-state index in [0.717, 1.165) is 32.1 Å². The molecule has 0 bridgehead atoms. The van der Waals surface area contributed by atoms with E-state index < -0.39 is 17.6 Å². The number of hydrogen-bond donors (Lipinski definition) is 0. The first-order valence-corrected chi connectivity index (χ1v) is 9.17. The van der Waals surface area contributed by atoms with Crippen molar-refractivity contribution in [2.75, 3.05) is 31.1 Å². The predicted molar refractivity (Wildman–Crippen MR) is 88.9 cm³/mol. The topological polar surface area (TPSA) is 6.48 Å². The Morgan fingerprint density at radius 1 is 1.04 bits per heavy atom. The van der Waals surface area contributed by atoms with Crippen molar-refractivity contribution in [2.24, 2.45) is 17.8 Å². The van der Waals surface area contributed by atoms with E-state index in [4.69, 9.17) is 0 Å². The summed E-state index contributed by atoms with van der Waals surface area (Å²) in [5.74, 6) is -3.94. The SMILES string of the molecule is C[C@@H]1CN(CC2CCC3C(C2)C3(F)F)CCN1c1cc(F)cc(F)c1. The van der Waals surface area contributed by atoms with Crippen molar-refractivity contribution in [3.05, 3.63) is 29.8 Å². The van der Waals surface area contributed by atoms with E-state index in [2.05, 4.69) is 4.90 Å². The molecule has 4 atom stereocenters. The standard InChI is InChI=1S/C19H24F4N2/c1-12-10-24(11-13-2-3-17-18(6-13)19(17,22)23)4-5-25(12)16-8-14(20)7-15(21)9-16/h7-9,12-13,17-18H,2-6,10-11H2,1H3/t12-,13?,17?,18?/m1/s1. The molecular formula is C19H24F4N2. The summed E-state index contributed by atoms with van der Waals surface area (Å²) in [6.07, 6.45) is 2.18. The quantitative estimate of drug-likeness (QED) is 0.751. The average molecular weight is 356 g/mol. The van der Waals surface area contributed by atoms with E-state index in [1.807, 2.05) is 11.8 Å². The molecule has 1 saturated heterocycles. The number of nitrogens with zero attached hydrogens (tertiary/aromatic N) is 2. The van der Waals surface area contributed by atoms with Crippen LogP contribution >= 0.6 is 0 Å². The maximum atomic E-state index is 13.5. The molecule has 2 saturated carbocycles. The number of benzene rings is 1. The van der Waals surface area contributed by atoms with Crippen molar-refractivity contribution >= 4 is 5.69 Å². The number of hydrogen-bond acceptors (Lipinski definition) is 2. The lowest BCUT2D eigenvalue weighted by atomic mass is 9.88. The molecule has 3 aliphatic rings. The number of rotatable bonds is 3. The first-order chi connectivity index (χ1) is 11.8. The monoisotopic (exact) mass is 356 g/mol. The van der Waals surface area contributed by atoms with Gasteiger partial charge in [0.15, 0.2) is 0 Å². The van der Waals surface area contributed by atoms with Gasteiger partial charge in [-0.2, -0.15) is 0 Å². The van der Waals surface area contributed by atoms with Crippen LogP contribution in [0.4, 0.5) is 23.2 Å². The Morgan fingerprint density at radius 3 is 2.40 bits per heavy atom. The van der Waals surface area contributed by atoms with Gasteiger partial charge in [-0.3, -0.25) is 4.90 Å². The molecule has 2 aliphatic carbocycles. The molecule has 1 aromatic carbocycles. The lowest BCUT2D eigenvalue weighted by molar-refractivity contribution is 0.0835. The molecule has 1 aliphatic heterocycles. The highest BCUT2D eigenvalue weighted by Gasteiger charge is 2.68. The molecular weight excluding hydrogens is 332 g/mol. The molecule has 25 heavy (non-hydrogen) atoms. The molecule has 2 nitrogen and oxygen atoms in total. The van der Waals surface area contributed by atoms with Gasteiger partial charge in [-0.05, 0) is 44.2 Å². The Bertz CT molecular complexity index is 630. The van der Waals surface area contributed by atoms with Crippen LogP contribution in [0.1, 0.15) is 26.2 Å². The van der Waals surface area contributed by atoms with E-state index >= 15 is 0 Å². The fraction of sp³-hybridized carbons (Fsp3) is 0.684. The minimum atomic E-state index is -2.41. The minimum absolute atomic E-state index is 0.133. The second-order valence-corrected chi connectivity index (χ2v) is 8.00. The highest BCUT2D eigenvalue weighted by Crippen LogP contribution is 2.63. The summed E-state index contributed by atoms with van der Waals surface area (Å²) >= 11 is 0. The summed E-state index contributed by atoms with van der Waals surface area (Å²) in [7, 11) is 0. The van der Waals surface area contributed by atoms with Gasteiger partial charge in [0.1, 0.15) is 11.6 Å². The van der Waals surface area contributed by atoms with E-state index in [9.17, 15) is 17.6 Å². The fourth-order valence-electron chi connectivity index (χ4n) is 4.89. The van der Waals surface area contributed by atoms with Crippen LogP contribution in [0, 0.1) is 29.4 Å². The predicted octanol–water partition coefficient (Wildman–Crippen LogP) is 4.16. The Morgan fingerprint density at radius 2 is 1.76 bits per heavy atom. The molecule has 0 spiro atoms. The van der Waals surface area contributed by atoms with Gasteiger partial charge in [-0.1, -0.05) is 0 Å². The largest absolute Gasteiger partial charge is 0.366 e. The van der Waals surface area contributed by atoms with Crippen molar-refractivity contribution in [1.29, 1.82) is 0 Å². The maximum absolute atomic E-state index is 13.5. The van der Waals surface area contributed by atoms with E-state index in [1.165, 1.54) is 12.1 Å². The van der Waals surface area contributed by atoms with Crippen molar-refractivity contribution in [1.82, 2.24) is 4.90 Å². The van der Waals surface area contributed by atoms with Crippen LogP contribution in [0.2, 0.25) is 0 Å². The second kappa shape index (κ2) is 6.15. The van der Waals surface area contributed by atoms with E-state index in [1.54, 1.807) is 0 Å². The summed E-state index contributed by atoms with van der Waals surface area (Å²) in [4.78, 5) is 4.34. The molecule has 0 aromatic heterocycles. The highest BCUT2D eigenvalue weighted by atomic mass is 19.3. The molecule has 1 heterocycles. The number of alkyl halides is 2. The third-order valence-corrected chi connectivity index (χ3v) is 6.25. The number of piperazine rings is 1. The zero-order chi connectivity index (χ0) is 17.8. The fourth-order valence-corrected chi connectivity index (χ4v) is 4.89. The Hall–Kier alpha value is -1.30. The van der Waals surface area contributed by atoms with Gasteiger partial charge >= 0.3 is 0 Å². The Balaban J connectivity index is 1.34. The molecule has 1 aromatic rings. The van der Waals surface area contributed by atoms with Crippen LogP contribution < -0.4 is 4.90 Å². The van der Waals surface area contributed by atoms with Crippen molar-refractivity contribution in [2.45, 2.75) is 38.2 Å². The summed E-state index contributed by atoms with van der Waals surface area (Å²) in [6, 6.07) is 3.75. The van der Waals surface area contributed by atoms with Gasteiger partial charge in [-0.25, -0.2) is 17.6 Å². The van der Waals surface area contributed by atoms with Crippen molar-refractivity contribution in [3.8, 4) is 0 Å². The first kappa shape index (κ1) is 17.1. The normalized spacial score (nSPS) is 34.7. The molecule has 0 radical (unpaired) electrons. The minimum Gasteiger partial charge on any atom is -0.366 e. The molecule has 0 N–H and O–H groups in total.